The van der Waals surface area contributed by atoms with Gasteiger partial charge in [-0.3, -0.25) is 9.59 Å². The number of ether oxygens (including phenoxy) is 3. The van der Waals surface area contributed by atoms with Gasteiger partial charge in [-0.15, -0.1) is 0 Å². The summed E-state index contributed by atoms with van der Waals surface area (Å²) < 4.78 is 19.1. The minimum absolute atomic E-state index is 0.0312. The molecule has 0 aromatic carbocycles. The number of hydrogen-bond acceptors (Lipinski definition) is 5. The number of carbonyl (C=O) groups is 2. The highest BCUT2D eigenvalue weighted by atomic mass is 16.7. The zero-order chi connectivity index (χ0) is 23.3. The van der Waals surface area contributed by atoms with Gasteiger partial charge in [0.15, 0.2) is 5.79 Å². The van der Waals surface area contributed by atoms with Gasteiger partial charge in [-0.25, -0.2) is 0 Å². The summed E-state index contributed by atoms with van der Waals surface area (Å²) in [6.45, 7) is 10.0. The van der Waals surface area contributed by atoms with Gasteiger partial charge in [-0.1, -0.05) is 27.7 Å². The lowest BCUT2D eigenvalue weighted by molar-refractivity contribution is -0.273. The van der Waals surface area contributed by atoms with Crippen LogP contribution in [0.4, 0.5) is 0 Å². The fraction of sp³-hybridized carbons (Fsp3) is 0.926. The average molecular weight is 461 g/mol. The Morgan fingerprint density at radius 2 is 1.85 bits per heavy atom. The number of esters is 1. The van der Waals surface area contributed by atoms with E-state index in [-0.39, 0.29) is 41.3 Å². The molecule has 6 aliphatic rings. The molecule has 0 radical (unpaired) electrons. The zero-order valence-electron chi connectivity index (χ0n) is 20.5. The molecule has 3 saturated heterocycles. The van der Waals surface area contributed by atoms with Gasteiger partial charge in [0.2, 0.25) is 0 Å². The lowest BCUT2D eigenvalue weighted by atomic mass is 9.45. The summed E-state index contributed by atoms with van der Waals surface area (Å²) in [4.78, 5) is 24.2. The van der Waals surface area contributed by atoms with Crippen LogP contribution < -0.4 is 0 Å². The van der Waals surface area contributed by atoms with Crippen LogP contribution in [-0.2, 0) is 23.8 Å². The molecule has 3 heterocycles. The van der Waals surface area contributed by atoms with E-state index in [1.165, 1.54) is 0 Å². The van der Waals surface area contributed by atoms with Gasteiger partial charge in [-0.05, 0) is 72.5 Å². The van der Waals surface area contributed by atoms with E-state index in [4.69, 9.17) is 14.2 Å². The van der Waals surface area contributed by atoms with Crippen LogP contribution in [0.5, 0.6) is 0 Å². The minimum Gasteiger partial charge on any atom is -0.481 e. The molecule has 0 bridgehead atoms. The van der Waals surface area contributed by atoms with E-state index < -0.39 is 11.8 Å². The molecule has 33 heavy (non-hydrogen) atoms. The predicted molar refractivity (Wildman–Crippen MR) is 120 cm³/mol. The molecule has 3 saturated carbocycles. The minimum atomic E-state index is -0.754. The van der Waals surface area contributed by atoms with Crippen molar-refractivity contribution in [2.45, 2.75) is 97.1 Å². The van der Waals surface area contributed by atoms with Crippen LogP contribution in [0.1, 0.15) is 79.1 Å². The second-order valence-corrected chi connectivity index (χ2v) is 13.0. The van der Waals surface area contributed by atoms with Crippen molar-refractivity contribution >= 4 is 11.9 Å². The highest BCUT2D eigenvalue weighted by molar-refractivity contribution is 5.73. The maximum absolute atomic E-state index is 12.3. The Morgan fingerprint density at radius 3 is 2.55 bits per heavy atom. The summed E-state index contributed by atoms with van der Waals surface area (Å²) >= 11 is 0. The molecule has 3 aliphatic carbocycles. The van der Waals surface area contributed by atoms with Crippen molar-refractivity contribution in [1.29, 1.82) is 0 Å². The topological polar surface area (TPSA) is 82.1 Å². The van der Waals surface area contributed by atoms with Crippen molar-refractivity contribution in [3.63, 3.8) is 0 Å². The molecule has 6 heteroatoms. The number of rotatable bonds is 2. The van der Waals surface area contributed by atoms with Gasteiger partial charge < -0.3 is 19.3 Å². The van der Waals surface area contributed by atoms with Crippen LogP contribution in [0.25, 0.3) is 0 Å². The number of aliphatic carboxylic acids is 1. The molecule has 6 nitrogen and oxygen atoms in total. The first-order valence-electron chi connectivity index (χ1n) is 13.3. The lowest BCUT2D eigenvalue weighted by Gasteiger charge is -2.59. The SMILES string of the molecule is C[C@@H]1CCC2(OC1)OC1CC3C4CC5OC(=O)CC5[C@](C)(CC(=O)O)C4CC[C@]3(C)C1[C@@H]2C. The van der Waals surface area contributed by atoms with Crippen molar-refractivity contribution in [3.05, 3.63) is 0 Å². The van der Waals surface area contributed by atoms with E-state index in [1.54, 1.807) is 0 Å². The molecule has 184 valence electrons. The first-order valence-corrected chi connectivity index (χ1v) is 13.3. The van der Waals surface area contributed by atoms with E-state index in [1.807, 2.05) is 0 Å². The summed E-state index contributed by atoms with van der Waals surface area (Å²) in [7, 11) is 0. The van der Waals surface area contributed by atoms with Crippen molar-refractivity contribution in [1.82, 2.24) is 0 Å². The maximum atomic E-state index is 12.3. The van der Waals surface area contributed by atoms with Gasteiger partial charge in [0, 0.05) is 18.3 Å². The van der Waals surface area contributed by atoms with E-state index in [9.17, 15) is 14.7 Å². The van der Waals surface area contributed by atoms with E-state index in [2.05, 4.69) is 27.7 Å². The summed E-state index contributed by atoms with van der Waals surface area (Å²) in [6, 6.07) is 0. The van der Waals surface area contributed by atoms with Gasteiger partial charge in [0.25, 0.3) is 0 Å². The van der Waals surface area contributed by atoms with Gasteiger partial charge in [-0.2, -0.15) is 0 Å². The quantitative estimate of drug-likeness (QED) is 0.604. The normalized spacial score (nSPS) is 57.2. The summed E-state index contributed by atoms with van der Waals surface area (Å²) in [5.41, 5.74) is -0.221. The third kappa shape index (κ3) is 2.98. The van der Waals surface area contributed by atoms with Crippen LogP contribution >= 0.6 is 0 Å². The van der Waals surface area contributed by atoms with Crippen LogP contribution in [0.3, 0.4) is 0 Å². The lowest BCUT2D eigenvalue weighted by Crippen LogP contribution is -2.56. The first-order chi connectivity index (χ1) is 15.6. The summed E-state index contributed by atoms with van der Waals surface area (Å²) in [5.74, 6) is 1.38. The standard InChI is InChI=1S/C27H40O6/c1-14-5-8-27(31-13-14)15(2)24-21(33-27)10-18-16-9-20-19(11-23(30)32-20)26(4,12-22(28)29)17(16)6-7-25(18,24)3/h14-21,24H,5-13H2,1-4H3,(H,28,29)/t14-,15+,16?,17?,18?,19?,20?,21?,24?,25+,26-,27?/m1/s1. The predicted octanol–water partition coefficient (Wildman–Crippen LogP) is 4.65. The molecule has 0 aromatic heterocycles. The van der Waals surface area contributed by atoms with Crippen LogP contribution in [-0.4, -0.2) is 41.6 Å². The van der Waals surface area contributed by atoms with Crippen molar-refractivity contribution in [2.75, 3.05) is 6.61 Å². The molecule has 6 fully saturated rings. The number of carboxylic acid groups (broad SMARTS) is 1. The molecule has 3 aliphatic heterocycles. The molecule has 8 unspecified atom stereocenters. The Morgan fingerprint density at radius 1 is 1.06 bits per heavy atom. The second kappa shape index (κ2) is 7.19. The molecule has 1 N–H and O–H groups in total. The maximum Gasteiger partial charge on any atom is 0.306 e. The van der Waals surface area contributed by atoms with Gasteiger partial charge >= 0.3 is 11.9 Å². The Labute approximate surface area is 197 Å². The largest absolute Gasteiger partial charge is 0.481 e. The number of hydrogen-bond donors (Lipinski definition) is 1. The smallest absolute Gasteiger partial charge is 0.306 e. The Kier molecular flexibility index (Phi) is 4.87. The van der Waals surface area contributed by atoms with Crippen molar-refractivity contribution in [2.24, 2.45) is 52.3 Å². The Bertz CT molecular complexity index is 848. The zero-order valence-corrected chi connectivity index (χ0v) is 20.5. The third-order valence-corrected chi connectivity index (χ3v) is 11.6. The highest BCUT2D eigenvalue weighted by Gasteiger charge is 2.70. The fourth-order valence-corrected chi connectivity index (χ4v) is 10.1. The number of carbonyl (C=O) groups excluding carboxylic acids is 1. The first kappa shape index (κ1) is 22.3. The molecule has 0 aromatic rings. The van der Waals surface area contributed by atoms with Gasteiger partial charge in [0.1, 0.15) is 6.10 Å². The number of carboxylic acids is 1. The van der Waals surface area contributed by atoms with Crippen LogP contribution in [0.15, 0.2) is 0 Å². The third-order valence-electron chi connectivity index (χ3n) is 11.6. The van der Waals surface area contributed by atoms with Crippen molar-refractivity contribution < 1.29 is 28.9 Å². The molecule has 0 amide bonds. The molecular formula is C27H40O6. The molecule has 1 spiro atoms. The monoisotopic (exact) mass is 460 g/mol. The van der Waals surface area contributed by atoms with E-state index >= 15 is 0 Å². The Hall–Kier alpha value is -1.14. The molecular weight excluding hydrogens is 420 g/mol. The van der Waals surface area contributed by atoms with E-state index in [0.29, 0.717) is 41.9 Å². The van der Waals surface area contributed by atoms with Gasteiger partial charge in [0.05, 0.1) is 25.6 Å². The fourth-order valence-electron chi connectivity index (χ4n) is 10.1. The second-order valence-electron chi connectivity index (χ2n) is 13.0. The summed E-state index contributed by atoms with van der Waals surface area (Å²) in [5, 5.41) is 9.81. The molecule has 6 rings (SSSR count). The van der Waals surface area contributed by atoms with Crippen LogP contribution in [0, 0.1) is 52.3 Å². The highest BCUT2D eigenvalue weighted by Crippen LogP contribution is 2.71. The van der Waals surface area contributed by atoms with Crippen molar-refractivity contribution in [3.8, 4) is 0 Å². The molecule has 12 atom stereocenters. The summed E-state index contributed by atoms with van der Waals surface area (Å²) in [6.07, 6.45) is 6.83. The van der Waals surface area contributed by atoms with E-state index in [0.717, 1.165) is 45.1 Å². The average Bonchev–Trinajstić information content (AvgIpc) is 3.34. The van der Waals surface area contributed by atoms with Crippen LogP contribution in [0.2, 0.25) is 0 Å². The Balaban J connectivity index is 1.31. The number of fused-ring (bicyclic) bond motifs is 6.